The Morgan fingerprint density at radius 2 is 1.77 bits per heavy atom. The molecule has 13 heteroatoms. The summed E-state index contributed by atoms with van der Waals surface area (Å²) in [6, 6.07) is 4.61. The van der Waals surface area contributed by atoms with Gasteiger partial charge in [0, 0.05) is 17.5 Å². The third-order valence-corrected chi connectivity index (χ3v) is 6.89. The van der Waals surface area contributed by atoms with Gasteiger partial charge in [0.05, 0.1) is 19.2 Å². The van der Waals surface area contributed by atoms with Gasteiger partial charge in [-0.25, -0.2) is 0 Å². The van der Waals surface area contributed by atoms with E-state index in [1.54, 1.807) is 12.1 Å². The van der Waals surface area contributed by atoms with Crippen molar-refractivity contribution in [3.63, 3.8) is 0 Å². The summed E-state index contributed by atoms with van der Waals surface area (Å²) in [7, 11) is 1.54. The van der Waals surface area contributed by atoms with E-state index in [0.717, 1.165) is 10.9 Å². The number of likely N-dealkylation sites (tertiary alicyclic amines) is 1. The van der Waals surface area contributed by atoms with E-state index in [9.17, 15) is 36.3 Å². The summed E-state index contributed by atoms with van der Waals surface area (Å²) in [5.41, 5.74) is 6.44. The molecule has 2 rings (SSSR count). The minimum absolute atomic E-state index is 0.0588. The van der Waals surface area contributed by atoms with Crippen LogP contribution in [0.2, 0.25) is 0 Å². The SMILES string of the molecule is COc1ccc(CSC2CC(C(N)=O)N([C@H](C(=O)C(F)(F)C(=O)NCC(F)(F)F)C(C)C)C2)cc1. The number of benzene rings is 1. The zero-order chi connectivity index (χ0) is 26.6. The highest BCUT2D eigenvalue weighted by molar-refractivity contribution is 7.99. The number of carbonyl (C=O) groups is 3. The van der Waals surface area contributed by atoms with Crippen molar-refractivity contribution in [2.75, 3.05) is 20.2 Å². The number of ketones is 1. The summed E-state index contributed by atoms with van der Waals surface area (Å²) in [6.07, 6.45) is -4.73. The number of alkyl halides is 5. The monoisotopic (exact) mass is 525 g/mol. The first-order valence-corrected chi connectivity index (χ1v) is 11.8. The average molecular weight is 526 g/mol. The van der Waals surface area contributed by atoms with Crippen molar-refractivity contribution in [1.29, 1.82) is 0 Å². The normalized spacial score (nSPS) is 20.0. The Hall–Kier alpha value is -2.41. The third-order valence-electron chi connectivity index (χ3n) is 5.58. The van der Waals surface area contributed by atoms with Gasteiger partial charge in [0.2, 0.25) is 11.7 Å². The summed E-state index contributed by atoms with van der Waals surface area (Å²) in [5.74, 6) is -9.33. The number of nitrogens with one attached hydrogen (secondary N) is 1. The van der Waals surface area contributed by atoms with Gasteiger partial charge in [-0.2, -0.15) is 33.7 Å². The molecule has 1 aliphatic heterocycles. The van der Waals surface area contributed by atoms with Crippen LogP contribution in [0.25, 0.3) is 0 Å². The predicted octanol–water partition coefficient (Wildman–Crippen LogP) is 2.76. The fraction of sp³-hybridized carbons (Fsp3) is 0.591. The van der Waals surface area contributed by atoms with Crippen LogP contribution in [0.5, 0.6) is 5.75 Å². The largest absolute Gasteiger partial charge is 0.497 e. The molecule has 1 saturated heterocycles. The Balaban J connectivity index is 2.17. The number of primary amides is 1. The third kappa shape index (κ3) is 7.53. The Labute approximate surface area is 203 Å². The molecule has 3 N–H and O–H groups in total. The van der Waals surface area contributed by atoms with Crippen molar-refractivity contribution < 1.29 is 41.1 Å². The molecule has 196 valence electrons. The second kappa shape index (κ2) is 11.5. The highest BCUT2D eigenvalue weighted by atomic mass is 32.2. The molecule has 35 heavy (non-hydrogen) atoms. The van der Waals surface area contributed by atoms with Crippen LogP contribution in [-0.2, 0) is 20.1 Å². The lowest BCUT2D eigenvalue weighted by molar-refractivity contribution is -0.167. The molecule has 0 bridgehead atoms. The number of nitrogens with zero attached hydrogens (tertiary/aromatic N) is 1. The minimum Gasteiger partial charge on any atom is -0.497 e. The Morgan fingerprint density at radius 1 is 1.17 bits per heavy atom. The predicted molar refractivity (Wildman–Crippen MR) is 120 cm³/mol. The Bertz CT molecular complexity index is 911. The number of nitrogens with two attached hydrogens (primary N) is 1. The van der Waals surface area contributed by atoms with Crippen molar-refractivity contribution in [3.8, 4) is 5.75 Å². The number of rotatable bonds is 11. The van der Waals surface area contributed by atoms with E-state index < -0.39 is 54.2 Å². The molecule has 0 aliphatic carbocycles. The summed E-state index contributed by atoms with van der Waals surface area (Å²) in [5, 5.41) is 0.820. The van der Waals surface area contributed by atoms with Crippen LogP contribution in [0.3, 0.4) is 0 Å². The standard InChI is InChI=1S/C22H28F5N3O4S/c1-12(2)17(18(31)22(26,27)20(33)29-11-21(23,24)25)30-9-15(8-16(30)19(28)32)35-10-13-4-6-14(34-3)7-5-13/h4-7,12,15-17H,8-11H2,1-3H3,(H2,28,32)(H,29,33)/t15?,16?,17-/m0/s1. The van der Waals surface area contributed by atoms with Gasteiger partial charge in [0.1, 0.15) is 12.3 Å². The van der Waals surface area contributed by atoms with Crippen molar-refractivity contribution in [2.24, 2.45) is 11.7 Å². The summed E-state index contributed by atoms with van der Waals surface area (Å²) >= 11 is 1.45. The van der Waals surface area contributed by atoms with Crippen molar-refractivity contribution >= 4 is 29.4 Å². The van der Waals surface area contributed by atoms with E-state index in [2.05, 4.69) is 0 Å². The van der Waals surface area contributed by atoms with Gasteiger partial charge in [0.15, 0.2) is 0 Å². The summed E-state index contributed by atoms with van der Waals surface area (Å²) in [4.78, 5) is 37.9. The second-order valence-electron chi connectivity index (χ2n) is 8.56. The number of hydrogen-bond donors (Lipinski definition) is 2. The molecular formula is C22H28F5N3O4S. The molecule has 1 fully saturated rings. The van der Waals surface area contributed by atoms with E-state index in [1.165, 1.54) is 37.6 Å². The fourth-order valence-corrected chi connectivity index (χ4v) is 5.11. The molecule has 0 aromatic heterocycles. The van der Waals surface area contributed by atoms with Crippen LogP contribution in [-0.4, -0.2) is 72.1 Å². The summed E-state index contributed by atoms with van der Waals surface area (Å²) in [6.45, 7) is 0.951. The lowest BCUT2D eigenvalue weighted by Crippen LogP contribution is -2.59. The average Bonchev–Trinajstić information content (AvgIpc) is 3.19. The number of carbonyl (C=O) groups excluding carboxylic acids is 3. The van der Waals surface area contributed by atoms with E-state index in [4.69, 9.17) is 10.5 Å². The molecule has 1 aliphatic rings. The fourth-order valence-electron chi connectivity index (χ4n) is 3.89. The first kappa shape index (κ1) is 28.8. The van der Waals surface area contributed by atoms with Gasteiger partial charge >= 0.3 is 12.1 Å². The number of halogens is 5. The zero-order valence-corrected chi connectivity index (χ0v) is 20.2. The molecule has 1 heterocycles. The Morgan fingerprint density at radius 3 is 2.26 bits per heavy atom. The van der Waals surface area contributed by atoms with Crippen LogP contribution in [0.15, 0.2) is 24.3 Å². The maximum Gasteiger partial charge on any atom is 0.405 e. The number of amides is 2. The number of hydrogen-bond acceptors (Lipinski definition) is 6. The van der Waals surface area contributed by atoms with Crippen LogP contribution in [0.1, 0.15) is 25.8 Å². The lowest BCUT2D eigenvalue weighted by atomic mass is 9.93. The van der Waals surface area contributed by atoms with Gasteiger partial charge in [0.25, 0.3) is 5.91 Å². The van der Waals surface area contributed by atoms with Crippen LogP contribution >= 0.6 is 11.8 Å². The van der Waals surface area contributed by atoms with Gasteiger partial charge in [-0.1, -0.05) is 26.0 Å². The lowest BCUT2D eigenvalue weighted by Gasteiger charge is -2.34. The topological polar surface area (TPSA) is 102 Å². The number of thioether (sulfide) groups is 1. The number of ether oxygens (including phenoxy) is 1. The molecule has 2 unspecified atom stereocenters. The van der Waals surface area contributed by atoms with Crippen molar-refractivity contribution in [2.45, 2.75) is 55.5 Å². The van der Waals surface area contributed by atoms with Crippen molar-refractivity contribution in [1.82, 2.24) is 10.2 Å². The number of Topliss-reactive ketones (excluding diaryl/α,β-unsaturated/α-hetero) is 1. The highest BCUT2D eigenvalue weighted by Crippen LogP contribution is 2.35. The van der Waals surface area contributed by atoms with Crippen LogP contribution in [0.4, 0.5) is 22.0 Å². The minimum atomic E-state index is -4.92. The van der Waals surface area contributed by atoms with Crippen LogP contribution < -0.4 is 15.8 Å². The van der Waals surface area contributed by atoms with E-state index >= 15 is 0 Å². The van der Waals surface area contributed by atoms with E-state index in [-0.39, 0.29) is 18.2 Å². The molecular weight excluding hydrogens is 497 g/mol. The molecule has 0 radical (unpaired) electrons. The maximum atomic E-state index is 14.6. The smallest absolute Gasteiger partial charge is 0.405 e. The summed E-state index contributed by atoms with van der Waals surface area (Å²) < 4.78 is 71.4. The quantitative estimate of drug-likeness (QED) is 0.340. The molecule has 2 amide bonds. The maximum absolute atomic E-state index is 14.6. The highest BCUT2D eigenvalue weighted by Gasteiger charge is 2.55. The first-order chi connectivity index (χ1) is 16.2. The van der Waals surface area contributed by atoms with Gasteiger partial charge in [-0.05, 0) is 30.0 Å². The molecule has 1 aromatic rings. The second-order valence-corrected chi connectivity index (χ2v) is 9.85. The van der Waals surface area contributed by atoms with E-state index in [0.29, 0.717) is 11.5 Å². The molecule has 0 spiro atoms. The molecule has 3 atom stereocenters. The van der Waals surface area contributed by atoms with Gasteiger partial charge in [-0.15, -0.1) is 0 Å². The van der Waals surface area contributed by atoms with E-state index in [1.807, 2.05) is 12.1 Å². The first-order valence-electron chi connectivity index (χ1n) is 10.7. The van der Waals surface area contributed by atoms with Crippen LogP contribution in [0, 0.1) is 5.92 Å². The van der Waals surface area contributed by atoms with Gasteiger partial charge < -0.3 is 15.8 Å². The van der Waals surface area contributed by atoms with Crippen molar-refractivity contribution in [3.05, 3.63) is 29.8 Å². The molecule has 0 saturated carbocycles. The molecule has 1 aromatic carbocycles. The number of methoxy groups -OCH3 is 1. The molecule has 7 nitrogen and oxygen atoms in total. The van der Waals surface area contributed by atoms with Gasteiger partial charge in [-0.3, -0.25) is 19.3 Å². The zero-order valence-electron chi connectivity index (χ0n) is 19.4. The Kier molecular flexibility index (Phi) is 9.51.